The minimum absolute atomic E-state index is 0.0706. The van der Waals surface area contributed by atoms with Crippen molar-refractivity contribution in [2.45, 2.75) is 6.92 Å². The van der Waals surface area contributed by atoms with Gasteiger partial charge in [0.1, 0.15) is 0 Å². The summed E-state index contributed by atoms with van der Waals surface area (Å²) in [6.07, 6.45) is 0. The van der Waals surface area contributed by atoms with E-state index in [9.17, 15) is 19.7 Å². The van der Waals surface area contributed by atoms with E-state index in [1.54, 1.807) is 18.2 Å². The average Bonchev–Trinajstić information content (AvgIpc) is 2.65. The molecule has 2 amide bonds. The highest BCUT2D eigenvalue weighted by atomic mass is 16.6. The van der Waals surface area contributed by atoms with Crippen molar-refractivity contribution in [2.75, 3.05) is 4.90 Å². The number of hydrogen-bond donors (Lipinski definition) is 0. The average molecular weight is 256 g/mol. The van der Waals surface area contributed by atoms with E-state index in [0.29, 0.717) is 22.0 Å². The molecular formula is C13H8N2O4. The van der Waals surface area contributed by atoms with Gasteiger partial charge in [0.2, 0.25) is 5.91 Å². The lowest BCUT2D eigenvalue weighted by atomic mass is 10.0. The number of nitrogens with zero attached hydrogens (tertiary/aromatic N) is 2. The maximum atomic E-state index is 12.1. The Labute approximate surface area is 107 Å². The van der Waals surface area contributed by atoms with Crippen LogP contribution >= 0.6 is 0 Å². The van der Waals surface area contributed by atoms with Crippen molar-refractivity contribution in [3.63, 3.8) is 0 Å². The number of imide groups is 1. The van der Waals surface area contributed by atoms with Crippen LogP contribution in [0.3, 0.4) is 0 Å². The van der Waals surface area contributed by atoms with E-state index >= 15 is 0 Å². The molecule has 1 aliphatic heterocycles. The van der Waals surface area contributed by atoms with Gasteiger partial charge in [0.05, 0.1) is 21.6 Å². The summed E-state index contributed by atoms with van der Waals surface area (Å²) in [5, 5.41) is 11.8. The van der Waals surface area contributed by atoms with E-state index in [1.807, 2.05) is 0 Å². The first-order chi connectivity index (χ1) is 9.02. The molecule has 0 spiro atoms. The molecule has 0 saturated carbocycles. The Balaban J connectivity index is 2.45. The SMILES string of the molecule is CC(=O)N1C(=O)c2cccc3c([N+](=O)[O-])ccc1c23. The fourth-order valence-electron chi connectivity index (χ4n) is 2.44. The molecule has 94 valence electrons. The number of rotatable bonds is 1. The Morgan fingerprint density at radius 3 is 2.63 bits per heavy atom. The zero-order chi connectivity index (χ0) is 13.7. The Hall–Kier alpha value is -2.76. The van der Waals surface area contributed by atoms with Gasteiger partial charge in [0, 0.05) is 18.4 Å². The Morgan fingerprint density at radius 2 is 2.00 bits per heavy atom. The van der Waals surface area contributed by atoms with Gasteiger partial charge in [0.15, 0.2) is 0 Å². The van der Waals surface area contributed by atoms with Gasteiger partial charge in [0.25, 0.3) is 11.6 Å². The smallest absolute Gasteiger partial charge is 0.274 e. The number of nitro benzene ring substituents is 1. The molecular weight excluding hydrogens is 248 g/mol. The van der Waals surface area contributed by atoms with Gasteiger partial charge in [-0.15, -0.1) is 0 Å². The van der Waals surface area contributed by atoms with Gasteiger partial charge >= 0.3 is 0 Å². The lowest BCUT2D eigenvalue weighted by molar-refractivity contribution is -0.383. The van der Waals surface area contributed by atoms with E-state index < -0.39 is 16.7 Å². The quantitative estimate of drug-likeness (QED) is 0.579. The third-order valence-corrected chi connectivity index (χ3v) is 3.18. The number of anilines is 1. The third kappa shape index (κ3) is 1.36. The second-order valence-corrected chi connectivity index (χ2v) is 4.25. The molecule has 0 atom stereocenters. The highest BCUT2D eigenvalue weighted by Gasteiger charge is 2.34. The summed E-state index contributed by atoms with van der Waals surface area (Å²) in [5.74, 6) is -0.843. The number of benzene rings is 2. The second-order valence-electron chi connectivity index (χ2n) is 4.25. The first-order valence-electron chi connectivity index (χ1n) is 5.57. The number of nitro groups is 1. The molecule has 1 heterocycles. The van der Waals surface area contributed by atoms with Crippen LogP contribution in [0.4, 0.5) is 11.4 Å². The molecule has 0 bridgehead atoms. The van der Waals surface area contributed by atoms with Crippen LogP contribution in [-0.4, -0.2) is 16.7 Å². The van der Waals surface area contributed by atoms with Gasteiger partial charge in [-0.05, 0) is 18.2 Å². The van der Waals surface area contributed by atoms with Gasteiger partial charge in [-0.1, -0.05) is 6.07 Å². The zero-order valence-electron chi connectivity index (χ0n) is 9.91. The number of non-ortho nitro benzene ring substituents is 1. The fraction of sp³-hybridized carbons (Fsp3) is 0.0769. The van der Waals surface area contributed by atoms with Crippen molar-refractivity contribution < 1.29 is 14.5 Å². The van der Waals surface area contributed by atoms with Crippen LogP contribution < -0.4 is 4.90 Å². The predicted molar refractivity (Wildman–Crippen MR) is 68.1 cm³/mol. The van der Waals surface area contributed by atoms with E-state index in [-0.39, 0.29) is 5.69 Å². The molecule has 2 aromatic carbocycles. The Kier molecular flexibility index (Phi) is 2.16. The molecule has 0 fully saturated rings. The lowest BCUT2D eigenvalue weighted by Crippen LogP contribution is -2.31. The summed E-state index contributed by atoms with van der Waals surface area (Å²) >= 11 is 0. The normalized spacial score (nSPS) is 13.1. The van der Waals surface area contributed by atoms with Crippen LogP contribution in [-0.2, 0) is 4.79 Å². The molecule has 0 N–H and O–H groups in total. The molecule has 0 unspecified atom stereocenters. The molecule has 0 saturated heterocycles. The molecule has 6 nitrogen and oxygen atoms in total. The van der Waals surface area contributed by atoms with Crippen molar-refractivity contribution in [3.05, 3.63) is 46.0 Å². The molecule has 3 rings (SSSR count). The minimum atomic E-state index is -0.496. The predicted octanol–water partition coefficient (Wildman–Crippen LogP) is 2.25. The van der Waals surface area contributed by atoms with Crippen molar-refractivity contribution in [1.29, 1.82) is 0 Å². The van der Waals surface area contributed by atoms with Crippen LogP contribution in [0.2, 0.25) is 0 Å². The molecule has 1 aliphatic rings. The van der Waals surface area contributed by atoms with E-state index in [2.05, 4.69) is 0 Å². The van der Waals surface area contributed by atoms with Crippen LogP contribution in [0, 0.1) is 10.1 Å². The molecule has 0 aliphatic carbocycles. The van der Waals surface area contributed by atoms with Crippen LogP contribution in [0.15, 0.2) is 30.3 Å². The van der Waals surface area contributed by atoms with Crippen molar-refractivity contribution >= 4 is 34.0 Å². The molecule has 19 heavy (non-hydrogen) atoms. The minimum Gasteiger partial charge on any atom is -0.274 e. The summed E-state index contributed by atoms with van der Waals surface area (Å²) in [4.78, 5) is 35.2. The monoisotopic (exact) mass is 256 g/mol. The molecule has 2 aromatic rings. The molecule has 0 aromatic heterocycles. The largest absolute Gasteiger partial charge is 0.277 e. The third-order valence-electron chi connectivity index (χ3n) is 3.18. The van der Waals surface area contributed by atoms with Gasteiger partial charge in [-0.25, -0.2) is 4.90 Å². The maximum absolute atomic E-state index is 12.1. The van der Waals surface area contributed by atoms with Crippen LogP contribution in [0.25, 0.3) is 10.8 Å². The Morgan fingerprint density at radius 1 is 1.26 bits per heavy atom. The highest BCUT2D eigenvalue weighted by Crippen LogP contribution is 2.41. The molecule has 0 radical (unpaired) electrons. The zero-order valence-corrected chi connectivity index (χ0v) is 9.91. The highest BCUT2D eigenvalue weighted by molar-refractivity contribution is 6.34. The van der Waals surface area contributed by atoms with E-state index in [0.717, 1.165) is 4.90 Å². The number of carbonyl (C=O) groups is 2. The van der Waals surface area contributed by atoms with Gasteiger partial charge in [-0.3, -0.25) is 19.7 Å². The number of carbonyl (C=O) groups excluding carboxylic acids is 2. The van der Waals surface area contributed by atoms with Gasteiger partial charge < -0.3 is 0 Å². The second kappa shape index (κ2) is 3.61. The standard InChI is InChI=1S/C13H8N2O4/c1-7(16)14-11-6-5-10(15(18)19)8-3-2-4-9(12(8)11)13(14)17/h2-6H,1H3. The van der Waals surface area contributed by atoms with Crippen LogP contribution in [0.5, 0.6) is 0 Å². The lowest BCUT2D eigenvalue weighted by Gasteiger charge is -2.12. The van der Waals surface area contributed by atoms with E-state index in [1.165, 1.54) is 19.1 Å². The summed E-state index contributed by atoms with van der Waals surface area (Å²) in [6, 6.07) is 7.49. The molecule has 6 heteroatoms. The summed E-state index contributed by atoms with van der Waals surface area (Å²) < 4.78 is 0. The van der Waals surface area contributed by atoms with Crippen LogP contribution in [0.1, 0.15) is 17.3 Å². The number of hydrogen-bond acceptors (Lipinski definition) is 4. The summed E-state index contributed by atoms with van der Waals surface area (Å²) in [6.45, 7) is 1.29. The Bertz CT molecular complexity index is 767. The van der Waals surface area contributed by atoms with Gasteiger partial charge in [-0.2, -0.15) is 0 Å². The van der Waals surface area contributed by atoms with E-state index in [4.69, 9.17) is 0 Å². The maximum Gasteiger partial charge on any atom is 0.277 e. The first kappa shape index (κ1) is 11.3. The number of amides is 2. The van der Waals surface area contributed by atoms with Crippen molar-refractivity contribution in [1.82, 2.24) is 0 Å². The topological polar surface area (TPSA) is 80.5 Å². The fourth-order valence-corrected chi connectivity index (χ4v) is 2.44. The summed E-state index contributed by atoms with van der Waals surface area (Å²) in [5.41, 5.74) is 0.666. The van der Waals surface area contributed by atoms with Crippen molar-refractivity contribution in [3.8, 4) is 0 Å². The van der Waals surface area contributed by atoms with Crippen molar-refractivity contribution in [2.24, 2.45) is 0 Å². The first-order valence-corrected chi connectivity index (χ1v) is 5.57. The summed E-state index contributed by atoms with van der Waals surface area (Å²) in [7, 11) is 0.